The first-order chi connectivity index (χ1) is 7.51. The summed E-state index contributed by atoms with van der Waals surface area (Å²) in [6, 6.07) is -0.847. The molecular formula is C10H17NO5. The molecule has 0 saturated heterocycles. The van der Waals surface area contributed by atoms with Gasteiger partial charge in [0.2, 0.25) is 0 Å². The Morgan fingerprint density at radius 3 is 2.62 bits per heavy atom. The molecule has 0 spiro atoms. The Balaban J connectivity index is 4.24. The average Bonchev–Trinajstić information content (AvgIpc) is 2.23. The highest BCUT2D eigenvalue weighted by atomic mass is 16.5. The lowest BCUT2D eigenvalue weighted by Gasteiger charge is -2.21. The third kappa shape index (κ3) is 6.15. The van der Waals surface area contributed by atoms with Gasteiger partial charge >= 0.3 is 6.09 Å². The van der Waals surface area contributed by atoms with Gasteiger partial charge in [0.15, 0.2) is 0 Å². The van der Waals surface area contributed by atoms with Gasteiger partial charge in [0, 0.05) is 6.42 Å². The lowest BCUT2D eigenvalue weighted by atomic mass is 10.1. The predicted octanol–water partition coefficient (Wildman–Crippen LogP) is -0.400. The number of rotatable bonds is 7. The SMILES string of the molecule is C=CCOC(=O)NC(CC(C)=O)C(O)CO. The van der Waals surface area contributed by atoms with E-state index in [4.69, 9.17) is 5.11 Å². The van der Waals surface area contributed by atoms with Crippen LogP contribution in [0.1, 0.15) is 13.3 Å². The summed E-state index contributed by atoms with van der Waals surface area (Å²) in [4.78, 5) is 22.0. The van der Waals surface area contributed by atoms with Crippen LogP contribution in [0.2, 0.25) is 0 Å². The van der Waals surface area contributed by atoms with Crippen molar-refractivity contribution in [2.45, 2.75) is 25.5 Å². The van der Waals surface area contributed by atoms with Crippen LogP contribution >= 0.6 is 0 Å². The first-order valence-corrected chi connectivity index (χ1v) is 4.83. The standard InChI is InChI=1S/C10H17NO5/c1-3-4-16-10(15)11-8(5-7(2)13)9(14)6-12/h3,8-9,12,14H,1,4-6H2,2H3,(H,11,15). The molecule has 2 atom stereocenters. The molecular weight excluding hydrogens is 214 g/mol. The number of ether oxygens (including phenoxy) is 1. The van der Waals surface area contributed by atoms with Crippen LogP contribution in [0.3, 0.4) is 0 Å². The number of carbonyl (C=O) groups excluding carboxylic acids is 2. The van der Waals surface area contributed by atoms with E-state index in [0.29, 0.717) is 0 Å². The molecule has 3 N–H and O–H groups in total. The van der Waals surface area contributed by atoms with E-state index in [1.807, 2.05) is 0 Å². The largest absolute Gasteiger partial charge is 0.445 e. The molecule has 6 heteroatoms. The number of ketones is 1. The predicted molar refractivity (Wildman–Crippen MR) is 56.9 cm³/mol. The molecule has 0 fully saturated rings. The number of Topliss-reactive ketones (excluding diaryl/α,β-unsaturated/α-hetero) is 1. The van der Waals surface area contributed by atoms with E-state index in [-0.39, 0.29) is 18.8 Å². The minimum atomic E-state index is -1.19. The van der Waals surface area contributed by atoms with Gasteiger partial charge in [0.25, 0.3) is 0 Å². The molecule has 1 amide bonds. The number of nitrogens with one attached hydrogen (secondary N) is 1. The molecule has 0 radical (unpaired) electrons. The molecule has 0 heterocycles. The maximum Gasteiger partial charge on any atom is 0.407 e. The zero-order valence-corrected chi connectivity index (χ0v) is 9.18. The van der Waals surface area contributed by atoms with Crippen molar-refractivity contribution in [1.82, 2.24) is 5.32 Å². The molecule has 16 heavy (non-hydrogen) atoms. The second kappa shape index (κ2) is 7.84. The number of alkyl carbamates (subject to hydrolysis) is 1. The van der Waals surface area contributed by atoms with Gasteiger partial charge in [-0.05, 0) is 6.92 Å². The van der Waals surface area contributed by atoms with Crippen molar-refractivity contribution in [2.75, 3.05) is 13.2 Å². The Hall–Kier alpha value is -1.40. The maximum absolute atomic E-state index is 11.1. The Morgan fingerprint density at radius 2 is 2.19 bits per heavy atom. The van der Waals surface area contributed by atoms with E-state index >= 15 is 0 Å². The Morgan fingerprint density at radius 1 is 1.56 bits per heavy atom. The van der Waals surface area contributed by atoms with E-state index in [1.54, 1.807) is 0 Å². The second-order valence-corrected chi connectivity index (χ2v) is 3.29. The topological polar surface area (TPSA) is 95.9 Å². The van der Waals surface area contributed by atoms with Gasteiger partial charge in [0.05, 0.1) is 18.8 Å². The van der Waals surface area contributed by atoms with Crippen molar-refractivity contribution in [1.29, 1.82) is 0 Å². The summed E-state index contributed by atoms with van der Waals surface area (Å²) in [6.07, 6.45) is -0.633. The van der Waals surface area contributed by atoms with Crippen molar-refractivity contribution in [3.8, 4) is 0 Å². The second-order valence-electron chi connectivity index (χ2n) is 3.29. The van der Waals surface area contributed by atoms with Crippen molar-refractivity contribution >= 4 is 11.9 Å². The highest BCUT2D eigenvalue weighted by Gasteiger charge is 2.22. The third-order valence-electron chi connectivity index (χ3n) is 1.79. The van der Waals surface area contributed by atoms with Crippen LogP contribution < -0.4 is 5.32 Å². The van der Waals surface area contributed by atoms with E-state index in [1.165, 1.54) is 13.0 Å². The summed E-state index contributed by atoms with van der Waals surface area (Å²) in [6.45, 7) is 4.18. The highest BCUT2D eigenvalue weighted by molar-refractivity contribution is 5.77. The number of hydrogen-bond donors (Lipinski definition) is 3. The van der Waals surface area contributed by atoms with Crippen molar-refractivity contribution in [2.24, 2.45) is 0 Å². The number of amides is 1. The Kier molecular flexibility index (Phi) is 7.15. The molecule has 92 valence electrons. The molecule has 0 aliphatic heterocycles. The van der Waals surface area contributed by atoms with Crippen LogP contribution in [0, 0.1) is 0 Å². The summed E-state index contributed by atoms with van der Waals surface area (Å²) in [5.41, 5.74) is 0. The molecule has 0 saturated carbocycles. The fraction of sp³-hybridized carbons (Fsp3) is 0.600. The summed E-state index contributed by atoms with van der Waals surface area (Å²) < 4.78 is 4.63. The van der Waals surface area contributed by atoms with Gasteiger partial charge in [0.1, 0.15) is 12.4 Å². The Labute approximate surface area is 93.9 Å². The van der Waals surface area contributed by atoms with Crippen LogP contribution in [0.5, 0.6) is 0 Å². The number of aliphatic hydroxyl groups is 2. The van der Waals surface area contributed by atoms with Gasteiger partial charge < -0.3 is 20.3 Å². The zero-order chi connectivity index (χ0) is 12.6. The summed E-state index contributed by atoms with van der Waals surface area (Å²) in [7, 11) is 0. The molecule has 0 aromatic heterocycles. The first kappa shape index (κ1) is 14.6. The van der Waals surface area contributed by atoms with Gasteiger partial charge in [-0.25, -0.2) is 4.79 Å². The quantitative estimate of drug-likeness (QED) is 0.518. The maximum atomic E-state index is 11.1. The van der Waals surface area contributed by atoms with Crippen molar-refractivity contribution < 1.29 is 24.5 Å². The summed E-state index contributed by atoms with van der Waals surface area (Å²) in [5, 5.41) is 20.4. The molecule has 2 unspecified atom stereocenters. The van der Waals surface area contributed by atoms with E-state index < -0.39 is 24.8 Å². The normalized spacial score (nSPS) is 13.7. The number of hydrogen-bond acceptors (Lipinski definition) is 5. The van der Waals surface area contributed by atoms with Crippen molar-refractivity contribution in [3.05, 3.63) is 12.7 Å². The van der Waals surface area contributed by atoms with Crippen LogP contribution in [-0.2, 0) is 9.53 Å². The molecule has 6 nitrogen and oxygen atoms in total. The fourth-order valence-corrected chi connectivity index (χ4v) is 1.05. The highest BCUT2D eigenvalue weighted by Crippen LogP contribution is 2.01. The molecule has 0 aliphatic rings. The minimum Gasteiger partial charge on any atom is -0.445 e. The Bertz CT molecular complexity index is 254. The molecule has 0 aromatic rings. The van der Waals surface area contributed by atoms with Crippen molar-refractivity contribution in [3.63, 3.8) is 0 Å². The van der Waals surface area contributed by atoms with Crippen LogP contribution in [0.15, 0.2) is 12.7 Å². The van der Waals surface area contributed by atoms with Crippen LogP contribution in [0.25, 0.3) is 0 Å². The summed E-state index contributed by atoms with van der Waals surface area (Å²) >= 11 is 0. The third-order valence-corrected chi connectivity index (χ3v) is 1.79. The summed E-state index contributed by atoms with van der Waals surface area (Å²) in [5.74, 6) is -0.207. The lowest BCUT2D eigenvalue weighted by molar-refractivity contribution is -0.118. The van der Waals surface area contributed by atoms with Gasteiger partial charge in [-0.15, -0.1) is 0 Å². The van der Waals surface area contributed by atoms with Gasteiger partial charge in [-0.2, -0.15) is 0 Å². The smallest absolute Gasteiger partial charge is 0.407 e. The number of carbonyl (C=O) groups is 2. The van der Waals surface area contributed by atoms with Gasteiger partial charge in [-0.3, -0.25) is 4.79 Å². The van der Waals surface area contributed by atoms with E-state index in [2.05, 4.69) is 16.6 Å². The lowest BCUT2D eigenvalue weighted by Crippen LogP contribution is -2.46. The van der Waals surface area contributed by atoms with Crippen LogP contribution in [0.4, 0.5) is 4.79 Å². The van der Waals surface area contributed by atoms with Crippen LogP contribution in [-0.4, -0.2) is 47.4 Å². The first-order valence-electron chi connectivity index (χ1n) is 4.83. The molecule has 0 rings (SSSR count). The van der Waals surface area contributed by atoms with E-state index in [9.17, 15) is 14.7 Å². The average molecular weight is 231 g/mol. The molecule has 0 bridgehead atoms. The monoisotopic (exact) mass is 231 g/mol. The molecule has 0 aliphatic carbocycles. The zero-order valence-electron chi connectivity index (χ0n) is 9.18. The molecule has 0 aromatic carbocycles. The van der Waals surface area contributed by atoms with E-state index in [0.717, 1.165) is 0 Å². The number of aliphatic hydroxyl groups excluding tert-OH is 2. The minimum absolute atomic E-state index is 0.0356. The van der Waals surface area contributed by atoms with Gasteiger partial charge in [-0.1, -0.05) is 12.7 Å². The fourth-order valence-electron chi connectivity index (χ4n) is 1.05.